The van der Waals surface area contributed by atoms with Crippen molar-refractivity contribution in [3.05, 3.63) is 52.5 Å². The highest BCUT2D eigenvalue weighted by Crippen LogP contribution is 2.30. The van der Waals surface area contributed by atoms with Gasteiger partial charge in [0.1, 0.15) is 11.5 Å². The first kappa shape index (κ1) is 21.3. The largest absolute Gasteiger partial charge is 0.491 e. The Kier molecular flexibility index (Phi) is 8.17. The molecule has 0 saturated heterocycles. The van der Waals surface area contributed by atoms with Gasteiger partial charge in [-0.1, -0.05) is 32.9 Å². The highest BCUT2D eigenvalue weighted by Gasteiger charge is 2.10. The molecule has 0 spiro atoms. The lowest BCUT2D eigenvalue weighted by molar-refractivity contribution is -0.118. The van der Waals surface area contributed by atoms with Gasteiger partial charge in [0.2, 0.25) is 0 Å². The molecule has 2 aromatic carbocycles. The third-order valence-corrected chi connectivity index (χ3v) is 5.15. The van der Waals surface area contributed by atoms with Gasteiger partial charge in [-0.15, -0.1) is 0 Å². The van der Waals surface area contributed by atoms with Gasteiger partial charge in [-0.2, -0.15) is 0 Å². The van der Waals surface area contributed by atoms with Crippen LogP contribution in [-0.2, 0) is 4.79 Å². The van der Waals surface area contributed by atoms with E-state index < -0.39 is 0 Å². The Balaban J connectivity index is 1.92. The molecule has 2 unspecified atom stereocenters. The molecule has 2 atom stereocenters. The van der Waals surface area contributed by atoms with Gasteiger partial charge in [0.05, 0.1) is 10.6 Å². The Morgan fingerprint density at radius 1 is 1.11 bits per heavy atom. The lowest BCUT2D eigenvalue weighted by atomic mass is 9.99. The van der Waals surface area contributed by atoms with Crippen molar-refractivity contribution < 1.29 is 14.3 Å². The minimum Gasteiger partial charge on any atom is -0.491 e. The van der Waals surface area contributed by atoms with E-state index in [4.69, 9.17) is 9.47 Å². The van der Waals surface area contributed by atoms with Crippen LogP contribution in [0.15, 0.2) is 46.9 Å². The van der Waals surface area contributed by atoms with Gasteiger partial charge >= 0.3 is 0 Å². The first-order chi connectivity index (χ1) is 12.9. The number of carbonyl (C=O) groups is 1. The third kappa shape index (κ3) is 6.58. The van der Waals surface area contributed by atoms with Crippen molar-refractivity contribution in [2.75, 3.05) is 11.9 Å². The summed E-state index contributed by atoms with van der Waals surface area (Å²) in [5.74, 6) is 1.68. The Labute approximate surface area is 170 Å². The third-order valence-electron chi connectivity index (χ3n) is 4.53. The van der Waals surface area contributed by atoms with Gasteiger partial charge in [-0.05, 0) is 71.4 Å². The Bertz CT molecular complexity index is 763. The Morgan fingerprint density at radius 3 is 2.56 bits per heavy atom. The van der Waals surface area contributed by atoms with Crippen LogP contribution in [0, 0.1) is 0 Å². The first-order valence-electron chi connectivity index (χ1n) is 9.41. The maximum Gasteiger partial charge on any atom is 0.262 e. The number of anilines is 1. The van der Waals surface area contributed by atoms with Gasteiger partial charge in [-0.3, -0.25) is 4.79 Å². The summed E-state index contributed by atoms with van der Waals surface area (Å²) in [5.41, 5.74) is 1.94. The predicted octanol–water partition coefficient (Wildman–Crippen LogP) is 6.16. The van der Waals surface area contributed by atoms with Crippen LogP contribution in [0.25, 0.3) is 0 Å². The van der Waals surface area contributed by atoms with E-state index in [1.807, 2.05) is 43.3 Å². The Hall–Kier alpha value is -2.01. The molecule has 27 heavy (non-hydrogen) atoms. The molecular weight excluding hydrogens is 406 g/mol. The van der Waals surface area contributed by atoms with Crippen LogP contribution in [0.5, 0.6) is 11.5 Å². The van der Waals surface area contributed by atoms with Crippen LogP contribution >= 0.6 is 15.9 Å². The topological polar surface area (TPSA) is 47.6 Å². The highest BCUT2D eigenvalue weighted by atomic mass is 79.9. The van der Waals surface area contributed by atoms with Gasteiger partial charge in [0, 0.05) is 11.8 Å². The van der Waals surface area contributed by atoms with Gasteiger partial charge in [-0.25, -0.2) is 0 Å². The average Bonchev–Trinajstić information content (AvgIpc) is 2.66. The molecule has 0 radical (unpaired) electrons. The quantitative estimate of drug-likeness (QED) is 0.514. The molecule has 0 saturated carbocycles. The van der Waals surface area contributed by atoms with E-state index in [2.05, 4.69) is 48.1 Å². The summed E-state index contributed by atoms with van der Waals surface area (Å²) in [4.78, 5) is 12.2. The van der Waals surface area contributed by atoms with Crippen LogP contribution < -0.4 is 14.8 Å². The molecule has 0 aliphatic carbocycles. The van der Waals surface area contributed by atoms with Crippen LogP contribution in [0.3, 0.4) is 0 Å². The van der Waals surface area contributed by atoms with E-state index >= 15 is 0 Å². The van der Waals surface area contributed by atoms with E-state index in [1.54, 1.807) is 0 Å². The molecule has 0 heterocycles. The number of halogens is 1. The number of ether oxygens (including phenoxy) is 2. The number of nitrogens with one attached hydrogen (secondary N) is 1. The predicted molar refractivity (Wildman–Crippen MR) is 114 cm³/mol. The van der Waals surface area contributed by atoms with Crippen LogP contribution in [-0.4, -0.2) is 18.6 Å². The second-order valence-corrected chi connectivity index (χ2v) is 7.55. The second-order valence-electron chi connectivity index (χ2n) is 6.70. The first-order valence-corrected chi connectivity index (χ1v) is 10.2. The van der Waals surface area contributed by atoms with Crippen molar-refractivity contribution in [3.63, 3.8) is 0 Å². The van der Waals surface area contributed by atoms with Crippen molar-refractivity contribution in [2.45, 2.75) is 52.6 Å². The van der Waals surface area contributed by atoms with E-state index in [0.717, 1.165) is 23.1 Å². The maximum absolute atomic E-state index is 12.2. The molecule has 4 nitrogen and oxygen atoms in total. The lowest BCUT2D eigenvalue weighted by Gasteiger charge is -2.14. The fourth-order valence-corrected chi connectivity index (χ4v) is 2.99. The van der Waals surface area contributed by atoms with E-state index in [-0.39, 0.29) is 18.6 Å². The fraction of sp³-hybridized carbons (Fsp3) is 0.409. The number of benzene rings is 2. The van der Waals surface area contributed by atoms with E-state index in [1.165, 1.54) is 5.56 Å². The van der Waals surface area contributed by atoms with Gasteiger partial charge in [0.25, 0.3) is 5.91 Å². The maximum atomic E-state index is 12.2. The smallest absolute Gasteiger partial charge is 0.262 e. The van der Waals surface area contributed by atoms with Crippen LogP contribution in [0.2, 0.25) is 0 Å². The zero-order chi connectivity index (χ0) is 19.8. The summed E-state index contributed by atoms with van der Waals surface area (Å²) in [7, 11) is 0. The highest BCUT2D eigenvalue weighted by molar-refractivity contribution is 9.10. The molecule has 5 heteroatoms. The van der Waals surface area contributed by atoms with Crippen molar-refractivity contribution >= 4 is 27.5 Å². The fourth-order valence-electron chi connectivity index (χ4n) is 2.48. The zero-order valence-corrected chi connectivity index (χ0v) is 18.0. The van der Waals surface area contributed by atoms with Crippen molar-refractivity contribution in [3.8, 4) is 11.5 Å². The van der Waals surface area contributed by atoms with E-state index in [9.17, 15) is 4.79 Å². The number of amides is 1. The molecule has 1 N–H and O–H groups in total. The molecular formula is C22H28BrNO3. The standard InChI is InChI=1S/C22H28BrNO3/c1-5-15(3)17-10-11-21(20(23)12-17)26-14-22(25)24-18-8-7-9-19(13-18)27-16(4)6-2/h7-13,15-16H,5-6,14H2,1-4H3,(H,24,25). The molecule has 0 aliphatic rings. The molecule has 0 aromatic heterocycles. The lowest BCUT2D eigenvalue weighted by Crippen LogP contribution is -2.20. The summed E-state index contributed by atoms with van der Waals surface area (Å²) in [5, 5.41) is 2.84. The summed E-state index contributed by atoms with van der Waals surface area (Å²) in [6, 6.07) is 13.4. The molecule has 2 rings (SSSR count). The zero-order valence-electron chi connectivity index (χ0n) is 16.4. The Morgan fingerprint density at radius 2 is 1.89 bits per heavy atom. The van der Waals surface area contributed by atoms with Crippen molar-refractivity contribution in [1.29, 1.82) is 0 Å². The molecule has 0 fully saturated rings. The van der Waals surface area contributed by atoms with Crippen molar-refractivity contribution in [2.24, 2.45) is 0 Å². The molecule has 2 aromatic rings. The summed E-state index contributed by atoms with van der Waals surface area (Å²) in [6.07, 6.45) is 2.14. The number of hydrogen-bond acceptors (Lipinski definition) is 3. The number of hydrogen-bond donors (Lipinski definition) is 1. The van der Waals surface area contributed by atoms with Crippen LogP contribution in [0.4, 0.5) is 5.69 Å². The molecule has 0 bridgehead atoms. The second kappa shape index (κ2) is 10.4. The molecule has 146 valence electrons. The molecule has 1 amide bonds. The summed E-state index contributed by atoms with van der Waals surface area (Å²) in [6.45, 7) is 8.38. The normalized spacial score (nSPS) is 12.9. The van der Waals surface area contributed by atoms with Gasteiger partial charge < -0.3 is 14.8 Å². The van der Waals surface area contributed by atoms with E-state index in [0.29, 0.717) is 17.4 Å². The monoisotopic (exact) mass is 433 g/mol. The molecule has 0 aliphatic heterocycles. The number of rotatable bonds is 9. The van der Waals surface area contributed by atoms with Gasteiger partial charge in [0.15, 0.2) is 6.61 Å². The minimum absolute atomic E-state index is 0.0578. The SMILES string of the molecule is CCC(C)Oc1cccc(NC(=O)COc2ccc(C(C)CC)cc2Br)c1. The minimum atomic E-state index is -0.214. The number of carbonyl (C=O) groups excluding carboxylic acids is 1. The van der Waals surface area contributed by atoms with Crippen molar-refractivity contribution in [1.82, 2.24) is 0 Å². The average molecular weight is 434 g/mol. The van der Waals surface area contributed by atoms with Crippen LogP contribution in [0.1, 0.15) is 52.0 Å². The summed E-state index contributed by atoms with van der Waals surface area (Å²) >= 11 is 3.53. The summed E-state index contributed by atoms with van der Waals surface area (Å²) < 4.78 is 12.3.